The zero-order valence-electron chi connectivity index (χ0n) is 15.1. The van der Waals surface area contributed by atoms with Crippen molar-refractivity contribution in [2.75, 3.05) is 7.05 Å². The molecule has 1 aromatic carbocycles. The molecule has 0 spiro atoms. The molecule has 0 bridgehead atoms. The molecule has 1 N–H and O–H groups in total. The Kier molecular flexibility index (Phi) is 6.53. The predicted octanol–water partition coefficient (Wildman–Crippen LogP) is 4.61. The molecule has 1 aromatic rings. The number of hydrogen-bond acceptors (Lipinski definition) is 3. The smallest absolute Gasteiger partial charge is 0.410 e. The number of hydrogen-bond donors (Lipinski definition) is 1. The number of rotatable bonds is 4. The molecule has 4 nitrogen and oxygen atoms in total. The second-order valence-electron chi connectivity index (χ2n) is 7.60. The quantitative estimate of drug-likeness (QED) is 0.860. The van der Waals surface area contributed by atoms with Crippen LogP contribution < -0.4 is 5.32 Å². The lowest BCUT2D eigenvalue weighted by Crippen LogP contribution is -2.44. The molecular formula is C19H29ClN2O2. The maximum Gasteiger partial charge on any atom is 0.410 e. The number of halogens is 1. The molecule has 0 radical (unpaired) electrons. The van der Waals surface area contributed by atoms with E-state index in [1.54, 1.807) is 4.90 Å². The fraction of sp³-hybridized carbons (Fsp3) is 0.632. The van der Waals surface area contributed by atoms with Crippen molar-refractivity contribution in [3.05, 3.63) is 34.9 Å². The number of carbonyl (C=O) groups excluding carboxylic acids is 1. The van der Waals surface area contributed by atoms with Gasteiger partial charge in [-0.2, -0.15) is 0 Å². The van der Waals surface area contributed by atoms with Crippen LogP contribution in [0, 0.1) is 0 Å². The molecule has 2 rings (SSSR count). The third kappa shape index (κ3) is 5.99. The molecule has 1 fully saturated rings. The number of carbonyl (C=O) groups is 1. The fourth-order valence-electron chi connectivity index (χ4n) is 3.01. The summed E-state index contributed by atoms with van der Waals surface area (Å²) in [5.41, 5.74) is 0.801. The van der Waals surface area contributed by atoms with Crippen LogP contribution in [0.15, 0.2) is 24.3 Å². The summed E-state index contributed by atoms with van der Waals surface area (Å²) in [4.78, 5) is 13.9. The molecule has 0 atom stereocenters. The summed E-state index contributed by atoms with van der Waals surface area (Å²) in [6.45, 7) is 6.55. The van der Waals surface area contributed by atoms with E-state index in [2.05, 4.69) is 17.4 Å². The van der Waals surface area contributed by atoms with Gasteiger partial charge in [0, 0.05) is 30.7 Å². The first-order valence-electron chi connectivity index (χ1n) is 8.68. The van der Waals surface area contributed by atoms with Crippen LogP contribution in [-0.2, 0) is 11.3 Å². The third-order valence-corrected chi connectivity index (χ3v) is 4.69. The summed E-state index contributed by atoms with van der Waals surface area (Å²) in [6.07, 6.45) is 3.94. The van der Waals surface area contributed by atoms with Crippen LogP contribution in [0.4, 0.5) is 4.79 Å². The van der Waals surface area contributed by atoms with Gasteiger partial charge >= 0.3 is 6.09 Å². The number of amides is 1. The Morgan fingerprint density at radius 3 is 2.33 bits per heavy atom. The molecule has 5 heteroatoms. The van der Waals surface area contributed by atoms with E-state index in [1.807, 2.05) is 40.0 Å². The summed E-state index contributed by atoms with van der Waals surface area (Å²) < 4.78 is 5.46. The van der Waals surface area contributed by atoms with Gasteiger partial charge in [0.1, 0.15) is 5.60 Å². The van der Waals surface area contributed by atoms with Gasteiger partial charge in [0.15, 0.2) is 0 Å². The van der Waals surface area contributed by atoms with E-state index >= 15 is 0 Å². The molecule has 24 heavy (non-hydrogen) atoms. The molecular weight excluding hydrogens is 324 g/mol. The zero-order chi connectivity index (χ0) is 17.7. The Hall–Kier alpha value is -1.26. The summed E-state index contributed by atoms with van der Waals surface area (Å²) in [5.74, 6) is 0. The minimum absolute atomic E-state index is 0.222. The van der Waals surface area contributed by atoms with E-state index in [9.17, 15) is 4.79 Å². The lowest BCUT2D eigenvalue weighted by molar-refractivity contribution is 0.0179. The minimum Gasteiger partial charge on any atom is -0.444 e. The SMILES string of the molecule is CN(C(=O)OC(C)(C)C)C1CCC(NCc2ccc(Cl)cc2)CC1. The highest BCUT2D eigenvalue weighted by Crippen LogP contribution is 2.24. The van der Waals surface area contributed by atoms with Gasteiger partial charge in [0.25, 0.3) is 0 Å². The molecule has 1 saturated carbocycles. The lowest BCUT2D eigenvalue weighted by atomic mass is 9.90. The third-order valence-electron chi connectivity index (χ3n) is 4.43. The van der Waals surface area contributed by atoms with E-state index in [0.29, 0.717) is 6.04 Å². The maximum atomic E-state index is 12.2. The molecule has 0 heterocycles. The largest absolute Gasteiger partial charge is 0.444 e. The summed E-state index contributed by atoms with van der Waals surface area (Å²) >= 11 is 5.91. The van der Waals surface area contributed by atoms with Crippen LogP contribution in [0.1, 0.15) is 52.0 Å². The molecule has 0 aliphatic heterocycles. The van der Waals surface area contributed by atoms with Crippen molar-refractivity contribution in [1.29, 1.82) is 0 Å². The van der Waals surface area contributed by atoms with E-state index in [0.717, 1.165) is 37.3 Å². The van der Waals surface area contributed by atoms with Crippen LogP contribution in [0.3, 0.4) is 0 Å². The minimum atomic E-state index is -0.442. The maximum absolute atomic E-state index is 12.2. The van der Waals surface area contributed by atoms with Gasteiger partial charge in [-0.25, -0.2) is 4.79 Å². The van der Waals surface area contributed by atoms with Crippen LogP contribution >= 0.6 is 11.6 Å². The van der Waals surface area contributed by atoms with E-state index < -0.39 is 5.60 Å². The van der Waals surface area contributed by atoms with Gasteiger partial charge in [-0.05, 0) is 64.2 Å². The highest BCUT2D eigenvalue weighted by Gasteiger charge is 2.29. The predicted molar refractivity (Wildman–Crippen MR) is 98.3 cm³/mol. The normalized spacial score (nSPS) is 21.4. The van der Waals surface area contributed by atoms with E-state index in [-0.39, 0.29) is 12.1 Å². The molecule has 1 amide bonds. The highest BCUT2D eigenvalue weighted by molar-refractivity contribution is 6.30. The lowest BCUT2D eigenvalue weighted by Gasteiger charge is -2.35. The number of benzene rings is 1. The van der Waals surface area contributed by atoms with Crippen molar-refractivity contribution in [2.24, 2.45) is 0 Å². The summed E-state index contributed by atoms with van der Waals surface area (Å²) in [6, 6.07) is 8.72. The van der Waals surface area contributed by atoms with Crippen LogP contribution in [0.2, 0.25) is 5.02 Å². The first-order valence-corrected chi connectivity index (χ1v) is 9.06. The molecule has 1 aliphatic carbocycles. The molecule has 0 aromatic heterocycles. The van der Waals surface area contributed by atoms with Gasteiger partial charge in [-0.1, -0.05) is 23.7 Å². The monoisotopic (exact) mass is 352 g/mol. The zero-order valence-corrected chi connectivity index (χ0v) is 15.9. The second-order valence-corrected chi connectivity index (χ2v) is 8.04. The van der Waals surface area contributed by atoms with Crippen molar-refractivity contribution in [3.63, 3.8) is 0 Å². The first-order chi connectivity index (χ1) is 11.2. The van der Waals surface area contributed by atoms with Gasteiger partial charge in [0.05, 0.1) is 0 Å². The molecule has 0 saturated heterocycles. The van der Waals surface area contributed by atoms with Crippen LogP contribution in [-0.4, -0.2) is 35.7 Å². The summed E-state index contributed by atoms with van der Waals surface area (Å²) in [5, 5.41) is 4.37. The van der Waals surface area contributed by atoms with Crippen molar-refractivity contribution < 1.29 is 9.53 Å². The van der Waals surface area contributed by atoms with Crippen LogP contribution in [0.5, 0.6) is 0 Å². The Balaban J connectivity index is 1.74. The Bertz CT molecular complexity index is 531. The molecule has 1 aliphatic rings. The summed E-state index contributed by atoms with van der Waals surface area (Å²) in [7, 11) is 1.85. The van der Waals surface area contributed by atoms with Gasteiger partial charge in [0.2, 0.25) is 0 Å². The highest BCUT2D eigenvalue weighted by atomic mass is 35.5. The average molecular weight is 353 g/mol. The Labute approximate surface area is 150 Å². The van der Waals surface area contributed by atoms with E-state index in [4.69, 9.17) is 16.3 Å². The van der Waals surface area contributed by atoms with Crippen molar-refractivity contribution >= 4 is 17.7 Å². The van der Waals surface area contributed by atoms with Gasteiger partial charge in [-0.3, -0.25) is 0 Å². The molecule has 0 unspecified atom stereocenters. The van der Waals surface area contributed by atoms with Gasteiger partial charge in [-0.15, -0.1) is 0 Å². The number of nitrogens with zero attached hydrogens (tertiary/aromatic N) is 1. The fourth-order valence-corrected chi connectivity index (χ4v) is 3.14. The Morgan fingerprint density at radius 1 is 1.21 bits per heavy atom. The average Bonchev–Trinajstić information content (AvgIpc) is 2.52. The first kappa shape index (κ1) is 19.1. The second kappa shape index (κ2) is 8.21. The van der Waals surface area contributed by atoms with Gasteiger partial charge < -0.3 is 15.0 Å². The van der Waals surface area contributed by atoms with Crippen LogP contribution in [0.25, 0.3) is 0 Å². The van der Waals surface area contributed by atoms with Crippen molar-refractivity contribution in [3.8, 4) is 0 Å². The van der Waals surface area contributed by atoms with Crippen molar-refractivity contribution in [1.82, 2.24) is 10.2 Å². The standard InChI is InChI=1S/C19H29ClN2O2/c1-19(2,3)24-18(23)22(4)17-11-9-16(10-12-17)21-13-14-5-7-15(20)8-6-14/h5-8,16-17,21H,9-13H2,1-4H3. The molecule has 134 valence electrons. The topological polar surface area (TPSA) is 41.6 Å². The Morgan fingerprint density at radius 2 is 1.79 bits per heavy atom. The number of nitrogens with one attached hydrogen (secondary N) is 1. The van der Waals surface area contributed by atoms with Crippen molar-refractivity contribution in [2.45, 2.75) is 70.7 Å². The van der Waals surface area contributed by atoms with E-state index in [1.165, 1.54) is 5.56 Å². The number of ether oxygens (including phenoxy) is 1.